The van der Waals surface area contributed by atoms with Gasteiger partial charge in [0.1, 0.15) is 11.5 Å². The first-order valence-electron chi connectivity index (χ1n) is 5.85. The molecular formula is C15H14O4. The molecule has 4 heteroatoms. The number of carboxylic acids is 1. The smallest absolute Gasteiger partial charge is 0.344 e. The molecule has 2 N–H and O–H groups in total. The van der Waals surface area contributed by atoms with Crippen LogP contribution in [0.15, 0.2) is 48.5 Å². The Morgan fingerprint density at radius 3 is 2.42 bits per heavy atom. The van der Waals surface area contributed by atoms with Gasteiger partial charge in [-0.1, -0.05) is 24.3 Å². The molecule has 1 unspecified atom stereocenters. The maximum Gasteiger partial charge on any atom is 0.344 e. The zero-order valence-corrected chi connectivity index (χ0v) is 10.4. The number of aromatic hydroxyl groups is 1. The van der Waals surface area contributed by atoms with E-state index in [0.717, 1.165) is 11.1 Å². The fourth-order valence-corrected chi connectivity index (χ4v) is 1.66. The highest BCUT2D eigenvalue weighted by molar-refractivity contribution is 5.72. The number of carbonyl (C=O) groups is 1. The third kappa shape index (κ3) is 3.25. The Labute approximate surface area is 110 Å². The van der Waals surface area contributed by atoms with Crippen LogP contribution in [0.25, 0.3) is 11.1 Å². The molecule has 0 fully saturated rings. The van der Waals surface area contributed by atoms with Gasteiger partial charge in [-0.05, 0) is 42.3 Å². The average molecular weight is 258 g/mol. The standard InChI is InChI=1S/C15H14O4/c1-10(15(17)18)19-14-4-2-3-12(9-14)11-5-7-13(16)8-6-11/h2-10,16H,1H3,(H,17,18). The first-order chi connectivity index (χ1) is 9.06. The van der Waals surface area contributed by atoms with E-state index in [1.807, 2.05) is 6.07 Å². The van der Waals surface area contributed by atoms with Crippen molar-refractivity contribution in [3.05, 3.63) is 48.5 Å². The Balaban J connectivity index is 2.24. The van der Waals surface area contributed by atoms with Crippen LogP contribution in [0.2, 0.25) is 0 Å². The number of hydrogen-bond donors (Lipinski definition) is 2. The van der Waals surface area contributed by atoms with Crippen LogP contribution in [0.1, 0.15) is 6.92 Å². The predicted octanol–water partition coefficient (Wildman–Crippen LogP) is 2.91. The lowest BCUT2D eigenvalue weighted by molar-refractivity contribution is -0.144. The first kappa shape index (κ1) is 13.0. The molecule has 0 spiro atoms. The van der Waals surface area contributed by atoms with Gasteiger partial charge in [-0.15, -0.1) is 0 Å². The molecule has 0 saturated carbocycles. The van der Waals surface area contributed by atoms with Crippen LogP contribution in [-0.4, -0.2) is 22.3 Å². The van der Waals surface area contributed by atoms with E-state index in [2.05, 4.69) is 0 Å². The fraction of sp³-hybridized carbons (Fsp3) is 0.133. The Kier molecular flexibility index (Phi) is 3.71. The van der Waals surface area contributed by atoms with Crippen molar-refractivity contribution in [2.45, 2.75) is 13.0 Å². The maximum absolute atomic E-state index is 10.7. The number of hydrogen-bond acceptors (Lipinski definition) is 3. The van der Waals surface area contributed by atoms with Gasteiger partial charge in [0.25, 0.3) is 0 Å². The lowest BCUT2D eigenvalue weighted by atomic mass is 10.1. The molecule has 0 aliphatic carbocycles. The highest BCUT2D eigenvalue weighted by Crippen LogP contribution is 2.25. The summed E-state index contributed by atoms with van der Waals surface area (Å²) in [6.07, 6.45) is -0.893. The number of carboxylic acid groups (broad SMARTS) is 1. The molecule has 2 aromatic carbocycles. The summed E-state index contributed by atoms with van der Waals surface area (Å²) >= 11 is 0. The molecule has 0 amide bonds. The second kappa shape index (κ2) is 5.44. The van der Waals surface area contributed by atoms with E-state index in [9.17, 15) is 9.90 Å². The van der Waals surface area contributed by atoms with Crippen molar-refractivity contribution in [3.8, 4) is 22.6 Å². The van der Waals surface area contributed by atoms with Gasteiger partial charge in [0.15, 0.2) is 6.10 Å². The normalized spacial score (nSPS) is 11.8. The van der Waals surface area contributed by atoms with E-state index in [0.29, 0.717) is 5.75 Å². The van der Waals surface area contributed by atoms with Gasteiger partial charge < -0.3 is 14.9 Å². The molecule has 98 valence electrons. The third-order valence-corrected chi connectivity index (χ3v) is 2.70. The molecule has 0 aromatic heterocycles. The zero-order chi connectivity index (χ0) is 13.8. The number of rotatable bonds is 4. The summed E-state index contributed by atoms with van der Waals surface area (Å²) in [5, 5.41) is 18.1. The zero-order valence-electron chi connectivity index (χ0n) is 10.4. The first-order valence-corrected chi connectivity index (χ1v) is 5.85. The van der Waals surface area contributed by atoms with Crippen molar-refractivity contribution in [1.29, 1.82) is 0 Å². The van der Waals surface area contributed by atoms with Gasteiger partial charge >= 0.3 is 5.97 Å². The predicted molar refractivity (Wildman–Crippen MR) is 71.3 cm³/mol. The van der Waals surface area contributed by atoms with Gasteiger partial charge in [-0.2, -0.15) is 0 Å². The van der Waals surface area contributed by atoms with Crippen molar-refractivity contribution >= 4 is 5.97 Å². The molecule has 2 aromatic rings. The molecule has 4 nitrogen and oxygen atoms in total. The van der Waals surface area contributed by atoms with Crippen molar-refractivity contribution in [3.63, 3.8) is 0 Å². The topological polar surface area (TPSA) is 66.8 Å². The summed E-state index contributed by atoms with van der Waals surface area (Å²) in [6.45, 7) is 1.48. The van der Waals surface area contributed by atoms with Crippen LogP contribution in [0.5, 0.6) is 11.5 Å². The summed E-state index contributed by atoms with van der Waals surface area (Å²) in [5.41, 5.74) is 1.82. The summed E-state index contributed by atoms with van der Waals surface area (Å²) in [7, 11) is 0. The van der Waals surface area contributed by atoms with Crippen LogP contribution in [0.3, 0.4) is 0 Å². The maximum atomic E-state index is 10.7. The van der Waals surface area contributed by atoms with Gasteiger partial charge in [0.05, 0.1) is 0 Å². The van der Waals surface area contributed by atoms with Gasteiger partial charge in [-0.25, -0.2) is 4.79 Å². The molecule has 0 aliphatic heterocycles. The van der Waals surface area contributed by atoms with E-state index in [1.165, 1.54) is 6.92 Å². The third-order valence-electron chi connectivity index (χ3n) is 2.70. The Bertz CT molecular complexity index is 575. The summed E-state index contributed by atoms with van der Waals surface area (Å²) in [5.74, 6) is -0.300. The molecule has 0 bridgehead atoms. The van der Waals surface area contributed by atoms with Crippen LogP contribution in [0.4, 0.5) is 0 Å². The van der Waals surface area contributed by atoms with Crippen LogP contribution in [0, 0.1) is 0 Å². The second-order valence-corrected chi connectivity index (χ2v) is 4.17. The molecule has 0 saturated heterocycles. The van der Waals surface area contributed by atoms with Gasteiger partial charge in [0, 0.05) is 0 Å². The highest BCUT2D eigenvalue weighted by atomic mass is 16.5. The summed E-state index contributed by atoms with van der Waals surface area (Å²) < 4.78 is 5.31. The minimum Gasteiger partial charge on any atom is -0.508 e. The quantitative estimate of drug-likeness (QED) is 0.884. The summed E-state index contributed by atoms with van der Waals surface area (Å²) in [4.78, 5) is 10.7. The highest BCUT2D eigenvalue weighted by Gasteiger charge is 2.12. The van der Waals surface area contributed by atoms with Crippen LogP contribution in [-0.2, 0) is 4.79 Å². The average Bonchev–Trinajstić information content (AvgIpc) is 2.39. The minimum absolute atomic E-state index is 0.204. The number of aliphatic carboxylic acids is 1. The minimum atomic E-state index is -1.00. The lowest BCUT2D eigenvalue weighted by Gasteiger charge is -2.11. The second-order valence-electron chi connectivity index (χ2n) is 4.17. The molecule has 1 atom stereocenters. The summed E-state index contributed by atoms with van der Waals surface area (Å²) in [6, 6.07) is 13.9. The Morgan fingerprint density at radius 2 is 1.79 bits per heavy atom. The molecular weight excluding hydrogens is 244 g/mol. The Hall–Kier alpha value is -2.49. The van der Waals surface area contributed by atoms with Crippen molar-refractivity contribution < 1.29 is 19.7 Å². The van der Waals surface area contributed by atoms with Crippen LogP contribution < -0.4 is 4.74 Å². The number of benzene rings is 2. The molecule has 19 heavy (non-hydrogen) atoms. The van der Waals surface area contributed by atoms with E-state index in [4.69, 9.17) is 9.84 Å². The SMILES string of the molecule is CC(Oc1cccc(-c2ccc(O)cc2)c1)C(=O)O. The van der Waals surface area contributed by atoms with Crippen molar-refractivity contribution in [1.82, 2.24) is 0 Å². The van der Waals surface area contributed by atoms with Crippen molar-refractivity contribution in [2.24, 2.45) is 0 Å². The largest absolute Gasteiger partial charge is 0.508 e. The van der Waals surface area contributed by atoms with E-state index < -0.39 is 12.1 Å². The van der Waals surface area contributed by atoms with Gasteiger partial charge in [0.2, 0.25) is 0 Å². The molecule has 0 radical (unpaired) electrons. The fourth-order valence-electron chi connectivity index (χ4n) is 1.66. The van der Waals surface area contributed by atoms with Gasteiger partial charge in [-0.3, -0.25) is 0 Å². The monoisotopic (exact) mass is 258 g/mol. The molecule has 0 aliphatic rings. The number of ether oxygens (including phenoxy) is 1. The number of phenolic OH excluding ortho intramolecular Hbond substituents is 1. The van der Waals surface area contributed by atoms with E-state index >= 15 is 0 Å². The van der Waals surface area contributed by atoms with E-state index in [-0.39, 0.29) is 5.75 Å². The van der Waals surface area contributed by atoms with E-state index in [1.54, 1.807) is 42.5 Å². The molecule has 2 rings (SSSR count). The molecule has 0 heterocycles. The Morgan fingerprint density at radius 1 is 1.11 bits per heavy atom. The lowest BCUT2D eigenvalue weighted by Crippen LogP contribution is -2.22. The van der Waals surface area contributed by atoms with Crippen LogP contribution >= 0.6 is 0 Å². The van der Waals surface area contributed by atoms with Crippen molar-refractivity contribution in [2.75, 3.05) is 0 Å². The number of phenols is 1.